The van der Waals surface area contributed by atoms with Gasteiger partial charge in [-0.25, -0.2) is 0 Å². The Hall–Kier alpha value is -1.35. The largest absolute Gasteiger partial charge is 0.494 e. The molecule has 1 fully saturated rings. The highest BCUT2D eigenvalue weighted by molar-refractivity contribution is 5.57. The lowest BCUT2D eigenvalue weighted by atomic mass is 10.0. The van der Waals surface area contributed by atoms with Gasteiger partial charge >= 0.3 is 0 Å². The number of benzene rings is 1. The molecular weight excluding hydrogens is 250 g/mol. The SMILES string of the molecule is Cc1ccc(OCCCN2CCCCC2C=O)cc1C. The number of hydrogen-bond acceptors (Lipinski definition) is 3. The predicted octanol–water partition coefficient (Wildman–Crippen LogP) is 3.13. The van der Waals surface area contributed by atoms with E-state index < -0.39 is 0 Å². The molecule has 0 radical (unpaired) electrons. The number of carbonyl (C=O) groups excluding carboxylic acids is 1. The van der Waals surface area contributed by atoms with Crippen molar-refractivity contribution in [1.29, 1.82) is 0 Å². The Morgan fingerprint density at radius 2 is 2.15 bits per heavy atom. The highest BCUT2D eigenvalue weighted by atomic mass is 16.5. The van der Waals surface area contributed by atoms with Gasteiger partial charge in [-0.15, -0.1) is 0 Å². The third kappa shape index (κ3) is 4.07. The van der Waals surface area contributed by atoms with E-state index in [2.05, 4.69) is 30.9 Å². The van der Waals surface area contributed by atoms with Crippen LogP contribution in [0.15, 0.2) is 18.2 Å². The van der Waals surface area contributed by atoms with Gasteiger partial charge in [0.1, 0.15) is 12.0 Å². The second-order valence-electron chi connectivity index (χ2n) is 5.68. The fraction of sp³-hybridized carbons (Fsp3) is 0.588. The summed E-state index contributed by atoms with van der Waals surface area (Å²) >= 11 is 0. The van der Waals surface area contributed by atoms with Crippen molar-refractivity contribution >= 4 is 6.29 Å². The van der Waals surface area contributed by atoms with Crippen LogP contribution >= 0.6 is 0 Å². The van der Waals surface area contributed by atoms with Gasteiger partial charge in [0.25, 0.3) is 0 Å². The topological polar surface area (TPSA) is 29.5 Å². The average Bonchev–Trinajstić information content (AvgIpc) is 2.47. The number of aryl methyl sites for hydroxylation is 2. The highest BCUT2D eigenvalue weighted by Gasteiger charge is 2.20. The van der Waals surface area contributed by atoms with Gasteiger partial charge in [-0.1, -0.05) is 12.5 Å². The molecule has 0 spiro atoms. The summed E-state index contributed by atoms with van der Waals surface area (Å²) in [6, 6.07) is 6.34. The zero-order valence-electron chi connectivity index (χ0n) is 12.6. The van der Waals surface area contributed by atoms with Crippen LogP contribution in [0.25, 0.3) is 0 Å². The van der Waals surface area contributed by atoms with E-state index in [0.29, 0.717) is 6.61 Å². The fourth-order valence-electron chi connectivity index (χ4n) is 2.71. The van der Waals surface area contributed by atoms with Crippen LogP contribution in [0.4, 0.5) is 0 Å². The van der Waals surface area contributed by atoms with E-state index in [9.17, 15) is 4.79 Å². The van der Waals surface area contributed by atoms with Crippen molar-refractivity contribution in [1.82, 2.24) is 4.90 Å². The number of carbonyl (C=O) groups is 1. The number of ether oxygens (including phenoxy) is 1. The minimum atomic E-state index is 0.130. The number of likely N-dealkylation sites (tertiary alicyclic amines) is 1. The van der Waals surface area contributed by atoms with E-state index in [4.69, 9.17) is 4.74 Å². The van der Waals surface area contributed by atoms with Crippen molar-refractivity contribution in [2.45, 2.75) is 45.6 Å². The van der Waals surface area contributed by atoms with Gasteiger partial charge in [-0.3, -0.25) is 4.90 Å². The summed E-state index contributed by atoms with van der Waals surface area (Å²) < 4.78 is 5.79. The molecule has 1 atom stereocenters. The number of piperidine rings is 1. The van der Waals surface area contributed by atoms with Gasteiger partial charge in [0.2, 0.25) is 0 Å². The molecule has 1 aliphatic rings. The molecule has 20 heavy (non-hydrogen) atoms. The molecule has 0 saturated carbocycles. The molecule has 0 N–H and O–H groups in total. The van der Waals surface area contributed by atoms with Crippen LogP contribution < -0.4 is 4.74 Å². The summed E-state index contributed by atoms with van der Waals surface area (Å²) in [6.07, 6.45) is 5.48. The second-order valence-corrected chi connectivity index (χ2v) is 5.68. The lowest BCUT2D eigenvalue weighted by Gasteiger charge is -2.32. The maximum absolute atomic E-state index is 11.0. The standard InChI is InChI=1S/C17H25NO2/c1-14-7-8-17(12-15(14)2)20-11-5-10-18-9-4-3-6-16(18)13-19/h7-8,12-13,16H,3-6,9-11H2,1-2H3. The minimum Gasteiger partial charge on any atom is -0.494 e. The summed E-state index contributed by atoms with van der Waals surface area (Å²) in [7, 11) is 0. The summed E-state index contributed by atoms with van der Waals surface area (Å²) in [5.74, 6) is 0.943. The third-order valence-corrected chi connectivity index (χ3v) is 4.16. The summed E-state index contributed by atoms with van der Waals surface area (Å²) in [4.78, 5) is 13.3. The van der Waals surface area contributed by atoms with Gasteiger partial charge in [0, 0.05) is 6.54 Å². The van der Waals surface area contributed by atoms with Gasteiger partial charge in [-0.05, 0) is 62.9 Å². The first-order valence-corrected chi connectivity index (χ1v) is 7.60. The first-order chi connectivity index (χ1) is 9.70. The van der Waals surface area contributed by atoms with Crippen LogP contribution in [-0.2, 0) is 4.79 Å². The first kappa shape index (κ1) is 15.0. The van der Waals surface area contributed by atoms with Gasteiger partial charge in [-0.2, -0.15) is 0 Å². The van der Waals surface area contributed by atoms with Crippen molar-refractivity contribution in [3.63, 3.8) is 0 Å². The quantitative estimate of drug-likeness (QED) is 0.590. The molecule has 0 aliphatic carbocycles. The Labute approximate surface area is 121 Å². The molecule has 1 heterocycles. The van der Waals surface area contributed by atoms with Crippen molar-refractivity contribution < 1.29 is 9.53 Å². The van der Waals surface area contributed by atoms with E-state index in [1.54, 1.807) is 0 Å². The molecule has 3 nitrogen and oxygen atoms in total. The van der Waals surface area contributed by atoms with Crippen LogP contribution in [0.3, 0.4) is 0 Å². The highest BCUT2D eigenvalue weighted by Crippen LogP contribution is 2.18. The normalized spacial score (nSPS) is 19.8. The zero-order valence-corrected chi connectivity index (χ0v) is 12.6. The minimum absolute atomic E-state index is 0.130. The smallest absolute Gasteiger partial charge is 0.137 e. The van der Waals surface area contributed by atoms with E-state index in [1.807, 2.05) is 6.07 Å². The molecule has 1 aliphatic heterocycles. The van der Waals surface area contributed by atoms with E-state index in [1.165, 1.54) is 24.0 Å². The van der Waals surface area contributed by atoms with Gasteiger partial charge in [0.15, 0.2) is 0 Å². The summed E-state index contributed by atoms with van der Waals surface area (Å²) in [5.41, 5.74) is 2.55. The molecule has 1 saturated heterocycles. The number of nitrogens with zero attached hydrogens (tertiary/aromatic N) is 1. The number of aldehydes is 1. The molecular formula is C17H25NO2. The Kier molecular flexibility index (Phi) is 5.60. The van der Waals surface area contributed by atoms with Crippen molar-refractivity contribution in [3.05, 3.63) is 29.3 Å². The van der Waals surface area contributed by atoms with Crippen molar-refractivity contribution in [2.75, 3.05) is 19.7 Å². The van der Waals surface area contributed by atoms with Crippen LogP contribution in [-0.4, -0.2) is 36.9 Å². The number of hydrogen-bond donors (Lipinski definition) is 0. The molecule has 1 aromatic carbocycles. The van der Waals surface area contributed by atoms with Crippen molar-refractivity contribution in [3.8, 4) is 5.75 Å². The molecule has 2 rings (SSSR count). The van der Waals surface area contributed by atoms with Crippen LogP contribution in [0.2, 0.25) is 0 Å². The Morgan fingerprint density at radius 3 is 2.90 bits per heavy atom. The van der Waals surface area contributed by atoms with Crippen molar-refractivity contribution in [2.24, 2.45) is 0 Å². The molecule has 0 amide bonds. The molecule has 0 bridgehead atoms. The second kappa shape index (κ2) is 7.44. The third-order valence-electron chi connectivity index (χ3n) is 4.16. The zero-order chi connectivity index (χ0) is 14.4. The molecule has 110 valence electrons. The van der Waals surface area contributed by atoms with E-state index in [0.717, 1.165) is 38.0 Å². The molecule has 3 heteroatoms. The Bertz CT molecular complexity index is 445. The van der Waals surface area contributed by atoms with Crippen LogP contribution in [0.5, 0.6) is 5.75 Å². The van der Waals surface area contributed by atoms with Gasteiger partial charge < -0.3 is 9.53 Å². The summed E-state index contributed by atoms with van der Waals surface area (Å²) in [6.45, 7) is 6.92. The van der Waals surface area contributed by atoms with Crippen LogP contribution in [0.1, 0.15) is 36.8 Å². The first-order valence-electron chi connectivity index (χ1n) is 7.60. The fourth-order valence-corrected chi connectivity index (χ4v) is 2.71. The Morgan fingerprint density at radius 1 is 1.30 bits per heavy atom. The molecule has 1 aromatic rings. The maximum Gasteiger partial charge on any atom is 0.137 e. The number of rotatable bonds is 6. The summed E-state index contributed by atoms with van der Waals surface area (Å²) in [5, 5.41) is 0. The maximum atomic E-state index is 11.0. The average molecular weight is 275 g/mol. The van der Waals surface area contributed by atoms with E-state index >= 15 is 0 Å². The van der Waals surface area contributed by atoms with Gasteiger partial charge in [0.05, 0.1) is 12.6 Å². The van der Waals surface area contributed by atoms with Crippen LogP contribution in [0, 0.1) is 13.8 Å². The van der Waals surface area contributed by atoms with E-state index in [-0.39, 0.29) is 6.04 Å². The Balaban J connectivity index is 1.72. The monoisotopic (exact) mass is 275 g/mol. The molecule has 0 aromatic heterocycles. The lowest BCUT2D eigenvalue weighted by Crippen LogP contribution is -2.41. The molecule has 1 unspecified atom stereocenters. The predicted molar refractivity (Wildman–Crippen MR) is 81.3 cm³/mol. The lowest BCUT2D eigenvalue weighted by molar-refractivity contribution is -0.113.